The highest BCUT2D eigenvalue weighted by atomic mass is 19.1. The summed E-state index contributed by atoms with van der Waals surface area (Å²) >= 11 is 0. The molecular weight excluding hydrogens is 526 g/mol. The zero-order chi connectivity index (χ0) is 28.8. The highest BCUT2D eigenvalue weighted by Gasteiger charge is 2.35. The molecule has 3 aromatic rings. The predicted molar refractivity (Wildman–Crippen MR) is 155 cm³/mol. The van der Waals surface area contributed by atoms with Gasteiger partial charge in [-0.1, -0.05) is 6.07 Å². The van der Waals surface area contributed by atoms with Crippen LogP contribution in [0.3, 0.4) is 0 Å². The van der Waals surface area contributed by atoms with Crippen molar-refractivity contribution in [3.63, 3.8) is 0 Å². The molecular formula is C32H36F2N4O3. The van der Waals surface area contributed by atoms with Crippen LogP contribution in [0.2, 0.25) is 0 Å². The van der Waals surface area contributed by atoms with Crippen molar-refractivity contribution >= 4 is 17.9 Å². The van der Waals surface area contributed by atoms with Gasteiger partial charge < -0.3 is 14.4 Å². The molecule has 0 spiro atoms. The second kappa shape index (κ2) is 13.2. The number of rotatable bonds is 10. The molecule has 1 aromatic heterocycles. The standard InChI is InChI=1S/C32H36F2N4O3/c1-22-5-6-28(41-16-4-3-15-40-2)21-29(22)24-7-11-35-31(19-24)37-13-9-23(10-14-37)32(39)38-30(8-12-36-38)25-17-26(33)20-27(34)18-25/h5-7,11-12,17-21,23,30H,3-4,8-10,13-16H2,1-2H3. The molecule has 3 heterocycles. The van der Waals surface area contributed by atoms with Gasteiger partial charge in [-0.3, -0.25) is 4.79 Å². The molecule has 0 bridgehead atoms. The molecule has 5 rings (SSSR count). The summed E-state index contributed by atoms with van der Waals surface area (Å²) < 4.78 is 38.7. The van der Waals surface area contributed by atoms with Gasteiger partial charge in [0.1, 0.15) is 23.2 Å². The summed E-state index contributed by atoms with van der Waals surface area (Å²) in [6.45, 7) is 4.81. The molecule has 1 saturated heterocycles. The largest absolute Gasteiger partial charge is 0.494 e. The molecule has 0 aliphatic carbocycles. The molecule has 41 heavy (non-hydrogen) atoms. The number of carbonyl (C=O) groups is 1. The minimum atomic E-state index is -0.658. The molecule has 216 valence electrons. The van der Waals surface area contributed by atoms with E-state index in [1.807, 2.05) is 18.3 Å². The first-order valence-corrected chi connectivity index (χ1v) is 14.2. The first-order chi connectivity index (χ1) is 19.9. The van der Waals surface area contributed by atoms with Gasteiger partial charge >= 0.3 is 0 Å². The van der Waals surface area contributed by atoms with Gasteiger partial charge in [0, 0.05) is 57.6 Å². The third-order valence-electron chi connectivity index (χ3n) is 7.77. The van der Waals surface area contributed by atoms with Gasteiger partial charge in [0.25, 0.3) is 0 Å². The first-order valence-electron chi connectivity index (χ1n) is 14.2. The highest BCUT2D eigenvalue weighted by Crippen LogP contribution is 2.34. The number of amides is 1. The summed E-state index contributed by atoms with van der Waals surface area (Å²) in [4.78, 5) is 20.2. The fourth-order valence-corrected chi connectivity index (χ4v) is 5.51. The number of benzene rings is 2. The van der Waals surface area contributed by atoms with E-state index in [2.05, 4.69) is 40.1 Å². The van der Waals surface area contributed by atoms with E-state index in [0.717, 1.165) is 53.8 Å². The molecule has 2 aromatic carbocycles. The fourth-order valence-electron chi connectivity index (χ4n) is 5.51. The Kier molecular flexibility index (Phi) is 9.24. The molecule has 1 amide bonds. The van der Waals surface area contributed by atoms with Gasteiger partial charge in [-0.25, -0.2) is 18.8 Å². The number of aromatic nitrogens is 1. The number of hydrogen-bond donors (Lipinski definition) is 0. The van der Waals surface area contributed by atoms with Crippen LogP contribution in [0.15, 0.2) is 59.8 Å². The lowest BCUT2D eigenvalue weighted by Gasteiger charge is -2.34. The third-order valence-corrected chi connectivity index (χ3v) is 7.77. The Morgan fingerprint density at radius 3 is 2.51 bits per heavy atom. The van der Waals surface area contributed by atoms with E-state index in [1.165, 1.54) is 17.1 Å². The molecule has 0 saturated carbocycles. The van der Waals surface area contributed by atoms with Crippen molar-refractivity contribution in [3.05, 3.63) is 77.5 Å². The molecule has 0 radical (unpaired) electrons. The van der Waals surface area contributed by atoms with Gasteiger partial charge in [0.2, 0.25) is 5.91 Å². The number of piperidine rings is 1. The molecule has 1 unspecified atom stereocenters. The Labute approximate surface area is 239 Å². The van der Waals surface area contributed by atoms with Crippen molar-refractivity contribution in [1.82, 2.24) is 9.99 Å². The molecule has 2 aliphatic heterocycles. The Bertz CT molecular complexity index is 1370. The number of methoxy groups -OCH3 is 1. The maximum Gasteiger partial charge on any atom is 0.246 e. The van der Waals surface area contributed by atoms with E-state index in [4.69, 9.17) is 9.47 Å². The number of hydrogen-bond acceptors (Lipinski definition) is 6. The van der Waals surface area contributed by atoms with E-state index < -0.39 is 17.7 Å². The van der Waals surface area contributed by atoms with Crippen LogP contribution in [0.4, 0.5) is 14.6 Å². The van der Waals surface area contributed by atoms with Crippen molar-refractivity contribution < 1.29 is 23.0 Å². The fraction of sp³-hybridized carbons (Fsp3) is 0.406. The molecule has 1 atom stereocenters. The van der Waals surface area contributed by atoms with Crippen LogP contribution >= 0.6 is 0 Å². The number of anilines is 1. The van der Waals surface area contributed by atoms with Crippen molar-refractivity contribution in [3.8, 4) is 16.9 Å². The lowest BCUT2D eigenvalue weighted by atomic mass is 9.94. The maximum atomic E-state index is 13.8. The summed E-state index contributed by atoms with van der Waals surface area (Å²) in [6.07, 6.45) is 7.08. The quantitative estimate of drug-likeness (QED) is 0.271. The number of halogens is 2. The van der Waals surface area contributed by atoms with Crippen LogP contribution in [0.1, 0.15) is 49.3 Å². The average Bonchev–Trinajstić information content (AvgIpc) is 3.47. The van der Waals surface area contributed by atoms with E-state index in [-0.39, 0.29) is 11.8 Å². The number of pyridine rings is 1. The molecule has 0 N–H and O–H groups in total. The first kappa shape index (κ1) is 28.7. The van der Waals surface area contributed by atoms with Crippen LogP contribution in [-0.2, 0) is 9.53 Å². The molecule has 1 fully saturated rings. The van der Waals surface area contributed by atoms with Crippen molar-refractivity contribution in [1.29, 1.82) is 0 Å². The predicted octanol–water partition coefficient (Wildman–Crippen LogP) is 6.32. The smallest absolute Gasteiger partial charge is 0.246 e. The lowest BCUT2D eigenvalue weighted by molar-refractivity contribution is -0.138. The Balaban J connectivity index is 1.22. The topological polar surface area (TPSA) is 67.3 Å². The zero-order valence-corrected chi connectivity index (χ0v) is 23.6. The summed E-state index contributed by atoms with van der Waals surface area (Å²) in [6, 6.07) is 13.1. The van der Waals surface area contributed by atoms with Gasteiger partial charge in [-0.15, -0.1) is 0 Å². The normalized spacial score (nSPS) is 17.3. The molecule has 7 nitrogen and oxygen atoms in total. The molecule has 9 heteroatoms. The van der Waals surface area contributed by atoms with Crippen LogP contribution in [0, 0.1) is 24.5 Å². The Morgan fingerprint density at radius 1 is 1.00 bits per heavy atom. The molecule has 2 aliphatic rings. The van der Waals surface area contributed by atoms with Crippen LogP contribution < -0.4 is 9.64 Å². The summed E-state index contributed by atoms with van der Waals surface area (Å²) in [5, 5.41) is 5.67. The SMILES string of the molecule is COCCCCOc1ccc(C)c(-c2ccnc(N3CCC(C(=O)N4N=CCC4c4cc(F)cc(F)c4)CC3)c2)c1. The minimum absolute atomic E-state index is 0.107. The van der Waals surface area contributed by atoms with Gasteiger partial charge in [-0.05, 0) is 91.3 Å². The zero-order valence-electron chi connectivity index (χ0n) is 23.6. The summed E-state index contributed by atoms with van der Waals surface area (Å²) in [5.74, 6) is 0.0648. The number of hydrazone groups is 1. The van der Waals surface area contributed by atoms with E-state index in [9.17, 15) is 13.6 Å². The van der Waals surface area contributed by atoms with Crippen LogP contribution in [-0.4, -0.2) is 55.5 Å². The van der Waals surface area contributed by atoms with E-state index in [0.29, 0.717) is 44.5 Å². The summed E-state index contributed by atoms with van der Waals surface area (Å²) in [5.41, 5.74) is 3.73. The minimum Gasteiger partial charge on any atom is -0.494 e. The van der Waals surface area contributed by atoms with Crippen LogP contribution in [0.25, 0.3) is 11.1 Å². The second-order valence-electron chi connectivity index (χ2n) is 10.6. The number of unbranched alkanes of at least 4 members (excludes halogenated alkanes) is 1. The average molecular weight is 563 g/mol. The van der Waals surface area contributed by atoms with Crippen LogP contribution in [0.5, 0.6) is 5.75 Å². The van der Waals surface area contributed by atoms with Gasteiger partial charge in [0.05, 0.1) is 12.6 Å². The number of carbonyl (C=O) groups excluding carboxylic acids is 1. The van der Waals surface area contributed by atoms with E-state index in [1.54, 1.807) is 13.3 Å². The Morgan fingerprint density at radius 2 is 1.76 bits per heavy atom. The van der Waals surface area contributed by atoms with Gasteiger partial charge in [-0.2, -0.15) is 5.10 Å². The highest BCUT2D eigenvalue weighted by molar-refractivity contribution is 5.82. The number of aryl methyl sites for hydroxylation is 1. The van der Waals surface area contributed by atoms with Crippen molar-refractivity contribution in [2.24, 2.45) is 11.0 Å². The van der Waals surface area contributed by atoms with Crippen molar-refractivity contribution in [2.45, 2.75) is 45.1 Å². The van der Waals surface area contributed by atoms with Gasteiger partial charge in [0.15, 0.2) is 0 Å². The lowest BCUT2D eigenvalue weighted by Crippen LogP contribution is -2.41. The number of nitrogens with zero attached hydrogens (tertiary/aromatic N) is 4. The summed E-state index contributed by atoms with van der Waals surface area (Å²) in [7, 11) is 1.71. The van der Waals surface area contributed by atoms with Crippen molar-refractivity contribution in [2.75, 3.05) is 38.3 Å². The third kappa shape index (κ3) is 6.90. The Hall–Kier alpha value is -3.85. The number of ether oxygens (including phenoxy) is 2. The maximum absolute atomic E-state index is 13.8. The van der Waals surface area contributed by atoms with E-state index >= 15 is 0 Å². The monoisotopic (exact) mass is 562 g/mol. The second-order valence-corrected chi connectivity index (χ2v) is 10.6.